The van der Waals surface area contributed by atoms with E-state index in [1.807, 2.05) is 0 Å². The lowest BCUT2D eigenvalue weighted by Crippen LogP contribution is -2.57. The van der Waals surface area contributed by atoms with Crippen LogP contribution in [0.25, 0.3) is 22.3 Å². The van der Waals surface area contributed by atoms with E-state index in [0.717, 1.165) is 24.3 Å². The second kappa shape index (κ2) is 11.1. The highest BCUT2D eigenvalue weighted by Crippen LogP contribution is 2.45. The molecule has 2 fully saturated rings. The maximum Gasteiger partial charge on any atom is 0.197 e. The van der Waals surface area contributed by atoms with E-state index in [-0.39, 0.29) is 16.9 Å². The fourth-order valence-electron chi connectivity index (χ4n) is 5.02. The average molecular weight is 580 g/mol. The van der Waals surface area contributed by atoms with Gasteiger partial charge in [-0.05, 0) is 18.2 Å². The van der Waals surface area contributed by atoms with Crippen LogP contribution in [0.4, 0.5) is 0 Å². The van der Waals surface area contributed by atoms with E-state index in [0.29, 0.717) is 0 Å². The average Bonchev–Trinajstić information content (AvgIpc) is 3.21. The van der Waals surface area contributed by atoms with Crippen LogP contribution in [0.2, 0.25) is 0 Å². The van der Waals surface area contributed by atoms with Crippen molar-refractivity contribution in [1.82, 2.24) is 0 Å². The molecule has 41 heavy (non-hydrogen) atoms. The molecule has 10 N–H and O–H groups in total. The normalized spacial score (nSPS) is 32.0. The van der Waals surface area contributed by atoms with Gasteiger partial charge in [-0.3, -0.25) is 4.79 Å². The zero-order chi connectivity index (χ0) is 29.7. The van der Waals surface area contributed by atoms with Crippen molar-refractivity contribution in [3.63, 3.8) is 0 Å². The molecule has 0 amide bonds. The van der Waals surface area contributed by atoms with Gasteiger partial charge in [0.25, 0.3) is 0 Å². The number of aromatic hydroxyl groups is 4. The monoisotopic (exact) mass is 580 g/mol. The van der Waals surface area contributed by atoms with Crippen molar-refractivity contribution < 1.29 is 69.7 Å². The summed E-state index contributed by atoms with van der Waals surface area (Å²) in [5, 5.41) is 102. The molecule has 1 aromatic heterocycles. The number of hydrogen-bond acceptors (Lipinski definition) is 15. The third kappa shape index (κ3) is 4.97. The van der Waals surface area contributed by atoms with Crippen LogP contribution < -0.4 is 5.43 Å². The van der Waals surface area contributed by atoms with E-state index in [2.05, 4.69) is 0 Å². The van der Waals surface area contributed by atoms with E-state index in [4.69, 9.17) is 18.6 Å². The first-order valence-electron chi connectivity index (χ1n) is 12.4. The van der Waals surface area contributed by atoms with Gasteiger partial charge in [0, 0.05) is 17.7 Å². The Hall–Kier alpha value is -3.51. The molecule has 15 nitrogen and oxygen atoms in total. The van der Waals surface area contributed by atoms with Gasteiger partial charge in [0.2, 0.25) is 0 Å². The SMILES string of the molecule is O=c1cc(-c2ccc(O)c(O)c2)oc2c([C@@H]3O[C@H](CO)[C@@H](O)[C@H](O)[C@H]3O[C@@H]3O[C@H](CO)[C@H](O)[C@H]3O)c(O)cc(O)c12. The molecule has 5 rings (SSSR count). The maximum atomic E-state index is 13.1. The Balaban J connectivity index is 1.68. The summed E-state index contributed by atoms with van der Waals surface area (Å²) in [6.45, 7) is -1.50. The van der Waals surface area contributed by atoms with E-state index in [1.54, 1.807) is 0 Å². The summed E-state index contributed by atoms with van der Waals surface area (Å²) in [6, 6.07) is 5.33. The van der Waals surface area contributed by atoms with Crippen LogP contribution in [-0.4, -0.2) is 113 Å². The topological polar surface area (TPSA) is 260 Å². The first kappa shape index (κ1) is 29.0. The Bertz CT molecular complexity index is 1490. The fraction of sp³-hybridized carbons (Fsp3) is 0.423. The van der Waals surface area contributed by atoms with Gasteiger partial charge in [0.15, 0.2) is 28.8 Å². The lowest BCUT2D eigenvalue weighted by molar-refractivity contribution is -0.289. The lowest BCUT2D eigenvalue weighted by atomic mass is 9.89. The molecular weight excluding hydrogens is 552 g/mol. The number of aliphatic hydroxyl groups excluding tert-OH is 6. The van der Waals surface area contributed by atoms with Gasteiger partial charge in [-0.15, -0.1) is 0 Å². The Morgan fingerprint density at radius 1 is 0.732 bits per heavy atom. The predicted molar refractivity (Wildman–Crippen MR) is 134 cm³/mol. The lowest BCUT2D eigenvalue weighted by Gasteiger charge is -2.43. The Labute approximate surface area is 229 Å². The highest BCUT2D eigenvalue weighted by atomic mass is 16.7. The molecular formula is C26H28O15. The zero-order valence-electron chi connectivity index (χ0n) is 21.0. The van der Waals surface area contributed by atoms with Crippen molar-refractivity contribution in [2.45, 2.75) is 55.1 Å². The summed E-state index contributed by atoms with van der Waals surface area (Å²) in [4.78, 5) is 13.1. The number of hydrogen-bond donors (Lipinski definition) is 10. The summed E-state index contributed by atoms with van der Waals surface area (Å²) in [5.74, 6) is -2.57. The number of phenols is 4. The molecule has 0 spiro atoms. The number of ether oxygens (including phenoxy) is 3. The van der Waals surface area contributed by atoms with Gasteiger partial charge in [0.05, 0.1) is 18.8 Å². The molecule has 0 aliphatic carbocycles. The predicted octanol–water partition coefficient (Wildman–Crippen LogP) is -1.74. The van der Waals surface area contributed by atoms with Crippen LogP contribution in [0.3, 0.4) is 0 Å². The second-order valence-corrected chi connectivity index (χ2v) is 9.78. The van der Waals surface area contributed by atoms with Crippen molar-refractivity contribution in [2.75, 3.05) is 13.2 Å². The van der Waals surface area contributed by atoms with Crippen LogP contribution >= 0.6 is 0 Å². The smallest absolute Gasteiger partial charge is 0.197 e. The molecule has 9 atom stereocenters. The van der Waals surface area contributed by atoms with E-state index < -0.39 is 108 Å². The van der Waals surface area contributed by atoms with Crippen LogP contribution in [-0.2, 0) is 14.2 Å². The largest absolute Gasteiger partial charge is 0.507 e. The maximum absolute atomic E-state index is 13.1. The summed E-state index contributed by atoms with van der Waals surface area (Å²) in [7, 11) is 0. The summed E-state index contributed by atoms with van der Waals surface area (Å²) >= 11 is 0. The highest BCUT2D eigenvalue weighted by Gasteiger charge is 2.52. The van der Waals surface area contributed by atoms with Crippen molar-refractivity contribution in [2.24, 2.45) is 0 Å². The standard InChI is InChI=1S/C26H28O15/c27-6-15-19(34)21(36)25(41-26-22(37)20(35)16(7-28)40-26)24(39-15)18-12(32)4-11(31)17-13(33)5-14(38-23(17)18)8-1-2-9(29)10(30)3-8/h1-5,15-16,19-22,24-32,34-37H,6-7H2/t15-,16-,19-,20+,21+,22-,24+,25-,26+/m1/s1. The van der Waals surface area contributed by atoms with E-state index in [9.17, 15) is 55.9 Å². The van der Waals surface area contributed by atoms with Crippen molar-refractivity contribution in [1.29, 1.82) is 0 Å². The highest BCUT2D eigenvalue weighted by molar-refractivity contribution is 5.89. The first-order chi connectivity index (χ1) is 19.5. The van der Waals surface area contributed by atoms with Gasteiger partial charge in [-0.2, -0.15) is 0 Å². The summed E-state index contributed by atoms with van der Waals surface area (Å²) in [6.07, 6.45) is -14.7. The van der Waals surface area contributed by atoms with E-state index in [1.165, 1.54) is 6.07 Å². The summed E-state index contributed by atoms with van der Waals surface area (Å²) in [5.41, 5.74) is -1.53. The van der Waals surface area contributed by atoms with Crippen LogP contribution in [0.1, 0.15) is 11.7 Å². The number of aliphatic hydroxyl groups is 6. The van der Waals surface area contributed by atoms with E-state index >= 15 is 0 Å². The third-order valence-electron chi connectivity index (χ3n) is 7.20. The van der Waals surface area contributed by atoms with Gasteiger partial charge < -0.3 is 69.7 Å². The number of benzene rings is 2. The van der Waals surface area contributed by atoms with Crippen molar-refractivity contribution >= 4 is 11.0 Å². The summed E-state index contributed by atoms with van der Waals surface area (Å²) < 4.78 is 22.7. The first-order valence-corrected chi connectivity index (χ1v) is 12.4. The molecule has 15 heteroatoms. The van der Waals surface area contributed by atoms with Gasteiger partial charge in [-0.25, -0.2) is 0 Å². The van der Waals surface area contributed by atoms with Gasteiger partial charge in [0.1, 0.15) is 71.5 Å². The molecule has 222 valence electrons. The molecule has 3 heterocycles. The van der Waals surface area contributed by atoms with Crippen LogP contribution in [0, 0.1) is 0 Å². The molecule has 0 saturated carbocycles. The molecule has 3 aromatic rings. The Morgan fingerprint density at radius 2 is 1.39 bits per heavy atom. The second-order valence-electron chi connectivity index (χ2n) is 9.78. The minimum Gasteiger partial charge on any atom is -0.507 e. The molecule has 2 aliphatic heterocycles. The quantitative estimate of drug-likeness (QED) is 0.145. The van der Waals surface area contributed by atoms with Gasteiger partial charge in [-0.1, -0.05) is 0 Å². The number of rotatable bonds is 6. The van der Waals surface area contributed by atoms with Crippen molar-refractivity contribution in [3.05, 3.63) is 46.1 Å². The number of phenolic OH excluding ortho intramolecular Hbond substituents is 4. The fourth-order valence-corrected chi connectivity index (χ4v) is 5.02. The third-order valence-corrected chi connectivity index (χ3v) is 7.20. The molecule has 2 saturated heterocycles. The molecule has 2 aromatic carbocycles. The minimum absolute atomic E-state index is 0.112. The van der Waals surface area contributed by atoms with Crippen molar-refractivity contribution in [3.8, 4) is 34.3 Å². The Kier molecular flexibility index (Phi) is 7.82. The van der Waals surface area contributed by atoms with Crippen LogP contribution in [0.5, 0.6) is 23.0 Å². The molecule has 0 unspecified atom stereocenters. The number of fused-ring (bicyclic) bond motifs is 1. The molecule has 0 bridgehead atoms. The molecule has 0 radical (unpaired) electrons. The minimum atomic E-state index is -1.88. The molecule has 2 aliphatic rings. The van der Waals surface area contributed by atoms with Gasteiger partial charge >= 0.3 is 0 Å². The Morgan fingerprint density at radius 3 is 2.02 bits per heavy atom. The zero-order valence-corrected chi connectivity index (χ0v) is 21.0. The van der Waals surface area contributed by atoms with Crippen LogP contribution in [0.15, 0.2) is 39.5 Å².